The van der Waals surface area contributed by atoms with Crippen LogP contribution >= 0.6 is 0 Å². The van der Waals surface area contributed by atoms with Gasteiger partial charge in [0.05, 0.1) is 12.0 Å². The zero-order valence-electron chi connectivity index (χ0n) is 10.9. The van der Waals surface area contributed by atoms with Crippen molar-refractivity contribution < 1.29 is 19.4 Å². The second kappa shape index (κ2) is 7.89. The van der Waals surface area contributed by atoms with Crippen molar-refractivity contribution in [3.8, 4) is 0 Å². The van der Waals surface area contributed by atoms with Crippen molar-refractivity contribution in [2.24, 2.45) is 5.92 Å². The predicted molar refractivity (Wildman–Crippen MR) is 63.9 cm³/mol. The highest BCUT2D eigenvalue weighted by Gasteiger charge is 2.19. The van der Waals surface area contributed by atoms with Crippen LogP contribution in [0.2, 0.25) is 0 Å². The first-order chi connectivity index (χ1) is 7.92. The predicted octanol–water partition coefficient (Wildman–Crippen LogP) is 0.773. The van der Waals surface area contributed by atoms with Gasteiger partial charge in [-0.2, -0.15) is 0 Å². The number of hydrogen-bond donors (Lipinski definition) is 2. The van der Waals surface area contributed by atoms with E-state index in [1.54, 1.807) is 14.0 Å². The molecule has 0 aliphatic heterocycles. The molecule has 0 aromatic heterocycles. The van der Waals surface area contributed by atoms with E-state index in [1.165, 1.54) is 4.90 Å². The Bertz CT molecular complexity index is 258. The van der Waals surface area contributed by atoms with Crippen LogP contribution in [0.15, 0.2) is 0 Å². The van der Waals surface area contributed by atoms with Crippen LogP contribution in [0.5, 0.6) is 0 Å². The van der Waals surface area contributed by atoms with Crippen molar-refractivity contribution in [3.63, 3.8) is 0 Å². The van der Waals surface area contributed by atoms with E-state index in [-0.39, 0.29) is 18.7 Å². The summed E-state index contributed by atoms with van der Waals surface area (Å²) >= 11 is 0. The van der Waals surface area contributed by atoms with Gasteiger partial charge in [-0.15, -0.1) is 0 Å². The number of rotatable bonds is 7. The van der Waals surface area contributed by atoms with Gasteiger partial charge in [0.2, 0.25) is 0 Å². The molecule has 2 N–H and O–H groups in total. The number of nitrogens with zero attached hydrogens (tertiary/aromatic N) is 1. The standard InChI is InChI=1S/C11H22N2O4/c1-5-13(7-8(2)10(14)15)11(16)12-6-9(3)17-4/h8-9H,5-7H2,1-4H3,(H,12,16)(H,14,15). The number of nitrogens with one attached hydrogen (secondary N) is 1. The fourth-order valence-electron chi connectivity index (χ4n) is 1.19. The molecule has 0 rings (SSSR count). The summed E-state index contributed by atoms with van der Waals surface area (Å²) in [5.74, 6) is -1.47. The normalized spacial score (nSPS) is 13.9. The van der Waals surface area contributed by atoms with E-state index < -0.39 is 11.9 Å². The van der Waals surface area contributed by atoms with Gasteiger partial charge in [0.15, 0.2) is 0 Å². The van der Waals surface area contributed by atoms with Gasteiger partial charge in [-0.25, -0.2) is 4.79 Å². The number of carbonyl (C=O) groups excluding carboxylic acids is 1. The van der Waals surface area contributed by atoms with Crippen molar-refractivity contribution in [1.82, 2.24) is 10.2 Å². The first-order valence-corrected chi connectivity index (χ1v) is 5.70. The van der Waals surface area contributed by atoms with E-state index in [0.717, 1.165) is 0 Å². The van der Waals surface area contributed by atoms with Gasteiger partial charge in [0, 0.05) is 26.7 Å². The van der Waals surface area contributed by atoms with Crippen molar-refractivity contribution in [1.29, 1.82) is 0 Å². The lowest BCUT2D eigenvalue weighted by Crippen LogP contribution is -2.45. The molecule has 0 radical (unpaired) electrons. The summed E-state index contributed by atoms with van der Waals surface area (Å²) in [6, 6.07) is -0.260. The van der Waals surface area contributed by atoms with Crippen LogP contribution in [0.3, 0.4) is 0 Å². The van der Waals surface area contributed by atoms with Crippen molar-refractivity contribution >= 4 is 12.0 Å². The Hall–Kier alpha value is -1.30. The molecule has 0 saturated carbocycles. The number of carboxylic acid groups (broad SMARTS) is 1. The molecule has 0 aliphatic carbocycles. The van der Waals surface area contributed by atoms with Crippen LogP contribution in [0, 0.1) is 5.92 Å². The molecule has 0 heterocycles. The van der Waals surface area contributed by atoms with Gasteiger partial charge >= 0.3 is 12.0 Å². The maximum absolute atomic E-state index is 11.7. The smallest absolute Gasteiger partial charge is 0.317 e. The summed E-state index contributed by atoms with van der Waals surface area (Å²) in [4.78, 5) is 23.9. The topological polar surface area (TPSA) is 78.9 Å². The SMILES string of the molecule is CCN(CC(C)C(=O)O)C(=O)NCC(C)OC. The molecule has 2 amide bonds. The number of hydrogen-bond acceptors (Lipinski definition) is 3. The molecule has 0 spiro atoms. The molecule has 100 valence electrons. The summed E-state index contributed by atoms with van der Waals surface area (Å²) < 4.78 is 5.01. The van der Waals surface area contributed by atoms with Crippen LogP contribution in [0.1, 0.15) is 20.8 Å². The van der Waals surface area contributed by atoms with E-state index in [9.17, 15) is 9.59 Å². The number of urea groups is 1. The van der Waals surface area contributed by atoms with Crippen LogP contribution < -0.4 is 5.32 Å². The third-order valence-corrected chi connectivity index (χ3v) is 2.53. The van der Waals surface area contributed by atoms with Gasteiger partial charge in [-0.3, -0.25) is 4.79 Å². The van der Waals surface area contributed by atoms with Crippen molar-refractivity contribution in [2.45, 2.75) is 26.9 Å². The van der Waals surface area contributed by atoms with Gasteiger partial charge in [-0.05, 0) is 13.8 Å². The molecule has 0 bridgehead atoms. The van der Waals surface area contributed by atoms with Gasteiger partial charge < -0.3 is 20.1 Å². The summed E-state index contributed by atoms with van der Waals surface area (Å²) in [6.45, 7) is 6.33. The highest BCUT2D eigenvalue weighted by atomic mass is 16.5. The minimum absolute atomic E-state index is 0.0606. The second-order valence-corrected chi connectivity index (χ2v) is 4.01. The molecular weight excluding hydrogens is 224 g/mol. The molecule has 0 aromatic carbocycles. The summed E-state index contributed by atoms with van der Waals surface area (Å²) in [5.41, 5.74) is 0. The van der Waals surface area contributed by atoms with Crippen LogP contribution in [0.25, 0.3) is 0 Å². The largest absolute Gasteiger partial charge is 0.481 e. The average Bonchev–Trinajstić information content (AvgIpc) is 2.31. The number of amides is 2. The molecule has 6 nitrogen and oxygen atoms in total. The molecule has 0 fully saturated rings. The van der Waals surface area contributed by atoms with Crippen LogP contribution in [0.4, 0.5) is 4.79 Å². The molecule has 2 atom stereocenters. The molecule has 2 unspecified atom stereocenters. The maximum atomic E-state index is 11.7. The Morgan fingerprint density at radius 2 is 2.00 bits per heavy atom. The minimum atomic E-state index is -0.901. The zero-order valence-corrected chi connectivity index (χ0v) is 10.9. The lowest BCUT2D eigenvalue weighted by atomic mass is 10.2. The molecule has 0 saturated heterocycles. The fourth-order valence-corrected chi connectivity index (χ4v) is 1.19. The molecular formula is C11H22N2O4. The lowest BCUT2D eigenvalue weighted by molar-refractivity contribution is -0.141. The quantitative estimate of drug-likeness (QED) is 0.695. The number of aliphatic carboxylic acids is 1. The van der Waals surface area contributed by atoms with Gasteiger partial charge in [0.1, 0.15) is 0 Å². The van der Waals surface area contributed by atoms with Crippen molar-refractivity contribution in [2.75, 3.05) is 26.7 Å². The fraction of sp³-hybridized carbons (Fsp3) is 0.818. The van der Waals surface area contributed by atoms with Gasteiger partial charge in [0.25, 0.3) is 0 Å². The Morgan fingerprint density at radius 3 is 2.41 bits per heavy atom. The van der Waals surface area contributed by atoms with E-state index in [2.05, 4.69) is 5.32 Å². The van der Waals surface area contributed by atoms with E-state index in [0.29, 0.717) is 13.1 Å². The summed E-state index contributed by atoms with van der Waals surface area (Å²) in [6.07, 6.45) is -0.0606. The first-order valence-electron chi connectivity index (χ1n) is 5.70. The maximum Gasteiger partial charge on any atom is 0.317 e. The minimum Gasteiger partial charge on any atom is -0.481 e. The Kier molecular flexibility index (Phi) is 7.29. The zero-order chi connectivity index (χ0) is 13.4. The molecule has 17 heavy (non-hydrogen) atoms. The Balaban J connectivity index is 4.17. The van der Waals surface area contributed by atoms with E-state index in [1.807, 2.05) is 13.8 Å². The first kappa shape index (κ1) is 15.7. The van der Waals surface area contributed by atoms with Crippen LogP contribution in [-0.2, 0) is 9.53 Å². The number of methoxy groups -OCH3 is 1. The Morgan fingerprint density at radius 1 is 1.41 bits per heavy atom. The average molecular weight is 246 g/mol. The summed E-state index contributed by atoms with van der Waals surface area (Å²) in [7, 11) is 1.57. The highest BCUT2D eigenvalue weighted by molar-refractivity contribution is 5.75. The monoisotopic (exact) mass is 246 g/mol. The van der Waals surface area contributed by atoms with E-state index in [4.69, 9.17) is 9.84 Å². The van der Waals surface area contributed by atoms with Crippen LogP contribution in [-0.4, -0.2) is 54.9 Å². The molecule has 6 heteroatoms. The molecule has 0 aromatic rings. The summed E-state index contributed by atoms with van der Waals surface area (Å²) in [5, 5.41) is 11.5. The highest BCUT2D eigenvalue weighted by Crippen LogP contribution is 2.00. The van der Waals surface area contributed by atoms with Crippen molar-refractivity contribution in [3.05, 3.63) is 0 Å². The lowest BCUT2D eigenvalue weighted by Gasteiger charge is -2.24. The number of carboxylic acids is 1. The number of carbonyl (C=O) groups is 2. The van der Waals surface area contributed by atoms with E-state index >= 15 is 0 Å². The molecule has 0 aliphatic rings. The third kappa shape index (κ3) is 6.11. The number of ether oxygens (including phenoxy) is 1. The second-order valence-electron chi connectivity index (χ2n) is 4.01. The Labute approximate surface area is 102 Å². The third-order valence-electron chi connectivity index (χ3n) is 2.53. The van der Waals surface area contributed by atoms with Gasteiger partial charge in [-0.1, -0.05) is 6.92 Å².